The number of nitrogens with zero attached hydrogens (tertiary/aromatic N) is 3. The highest BCUT2D eigenvalue weighted by Crippen LogP contribution is 2.23. The Balaban J connectivity index is 0.00000289. The van der Waals surface area contributed by atoms with Crippen molar-refractivity contribution < 1.29 is 9.59 Å². The maximum absolute atomic E-state index is 13.1. The summed E-state index contributed by atoms with van der Waals surface area (Å²) in [7, 11) is 1.79. The van der Waals surface area contributed by atoms with Crippen LogP contribution in [0.4, 0.5) is 5.69 Å². The van der Waals surface area contributed by atoms with E-state index in [1.54, 1.807) is 17.0 Å². The topological polar surface area (TPSA) is 67.9 Å². The number of benzene rings is 2. The second-order valence-corrected chi connectivity index (χ2v) is 8.60. The molecule has 0 saturated carbocycles. The van der Waals surface area contributed by atoms with Crippen molar-refractivity contribution in [3.8, 4) is 0 Å². The lowest BCUT2D eigenvalue weighted by Gasteiger charge is -2.31. The predicted octanol–water partition coefficient (Wildman–Crippen LogP) is 3.47. The summed E-state index contributed by atoms with van der Waals surface area (Å²) in [6.07, 6.45) is 0. The molecule has 34 heavy (non-hydrogen) atoms. The first-order chi connectivity index (χ1) is 15.3. The molecule has 0 radical (unpaired) electrons. The smallest absolute Gasteiger partial charge is 0.256 e. The summed E-state index contributed by atoms with van der Waals surface area (Å²) in [6.45, 7) is 8.86. The van der Waals surface area contributed by atoms with Crippen LogP contribution in [0.3, 0.4) is 0 Å². The molecule has 2 N–H and O–H groups in total. The van der Waals surface area contributed by atoms with Crippen LogP contribution in [0.15, 0.2) is 48.5 Å². The molecular weight excluding hydrogens is 473 g/mol. The van der Waals surface area contributed by atoms with E-state index in [0.717, 1.165) is 11.3 Å². The fourth-order valence-corrected chi connectivity index (χ4v) is 3.78. The van der Waals surface area contributed by atoms with Gasteiger partial charge in [0.25, 0.3) is 5.91 Å². The van der Waals surface area contributed by atoms with E-state index < -0.39 is 0 Å². The number of hydrogen-bond acceptors (Lipinski definition) is 5. The molecule has 0 bridgehead atoms. The van der Waals surface area contributed by atoms with E-state index in [0.29, 0.717) is 32.2 Å². The molecule has 1 aliphatic rings. The van der Waals surface area contributed by atoms with Crippen molar-refractivity contribution in [1.82, 2.24) is 20.2 Å². The van der Waals surface area contributed by atoms with Gasteiger partial charge in [0.2, 0.25) is 5.91 Å². The van der Waals surface area contributed by atoms with Gasteiger partial charge in [0.1, 0.15) is 6.54 Å². The van der Waals surface area contributed by atoms with E-state index in [2.05, 4.69) is 36.6 Å². The standard InChI is InChI=1S/C25H35N5O2.2ClH/c1-19(2)26-13-14-29(24(31)15-27-23-12-8-5-9-20(23)3)18-25(32)28(4)30-16-21-10-6-7-11-22(21)17-30;;/h5-12,19,26-27H,13-18H2,1-4H3;2*1H. The number of aryl methyl sites for hydroxylation is 1. The Morgan fingerprint density at radius 1 is 0.971 bits per heavy atom. The summed E-state index contributed by atoms with van der Waals surface area (Å²) in [5, 5.41) is 10.2. The normalized spacial score (nSPS) is 12.4. The Morgan fingerprint density at radius 3 is 2.15 bits per heavy atom. The van der Waals surface area contributed by atoms with Crippen LogP contribution in [0.5, 0.6) is 0 Å². The number of nitrogens with one attached hydrogen (secondary N) is 2. The molecule has 0 saturated heterocycles. The lowest BCUT2D eigenvalue weighted by atomic mass is 10.1. The Bertz CT molecular complexity index is 916. The Morgan fingerprint density at radius 2 is 1.56 bits per heavy atom. The Kier molecular flexibility index (Phi) is 12.4. The molecule has 2 aromatic carbocycles. The van der Waals surface area contributed by atoms with Crippen LogP contribution in [-0.4, -0.2) is 66.0 Å². The number of hydrogen-bond donors (Lipinski definition) is 2. The van der Waals surface area contributed by atoms with Gasteiger partial charge < -0.3 is 15.5 Å². The summed E-state index contributed by atoms with van der Waals surface area (Å²) in [5.41, 5.74) is 4.49. The van der Waals surface area contributed by atoms with Crippen LogP contribution in [-0.2, 0) is 22.7 Å². The number of hydrazine groups is 1. The van der Waals surface area contributed by atoms with E-state index in [9.17, 15) is 9.59 Å². The van der Waals surface area contributed by atoms with Crippen molar-refractivity contribution in [3.05, 3.63) is 65.2 Å². The fourth-order valence-electron chi connectivity index (χ4n) is 3.78. The van der Waals surface area contributed by atoms with Gasteiger partial charge in [-0.15, -0.1) is 24.8 Å². The maximum atomic E-state index is 13.1. The van der Waals surface area contributed by atoms with Crippen LogP contribution in [0.25, 0.3) is 0 Å². The van der Waals surface area contributed by atoms with Gasteiger partial charge in [-0.05, 0) is 29.7 Å². The largest absolute Gasteiger partial charge is 0.376 e. The van der Waals surface area contributed by atoms with Gasteiger partial charge in [-0.3, -0.25) is 14.6 Å². The number of anilines is 1. The lowest BCUT2D eigenvalue weighted by molar-refractivity contribution is -0.151. The number of rotatable bonds is 10. The number of carbonyl (C=O) groups is 2. The van der Waals surface area contributed by atoms with E-state index in [-0.39, 0.29) is 49.7 Å². The van der Waals surface area contributed by atoms with Gasteiger partial charge >= 0.3 is 0 Å². The van der Waals surface area contributed by atoms with Gasteiger partial charge in [-0.2, -0.15) is 0 Å². The Hall–Kier alpha value is -2.32. The molecule has 2 aromatic rings. The highest BCUT2D eigenvalue weighted by molar-refractivity contribution is 5.87. The summed E-state index contributed by atoms with van der Waals surface area (Å²) in [6, 6.07) is 16.4. The van der Waals surface area contributed by atoms with E-state index >= 15 is 0 Å². The van der Waals surface area contributed by atoms with Gasteiger partial charge in [-0.25, -0.2) is 5.01 Å². The molecule has 0 unspecified atom stereocenters. The molecule has 0 aromatic heterocycles. The molecule has 3 rings (SSSR count). The summed E-state index contributed by atoms with van der Waals surface area (Å²) in [5.74, 6) is -0.183. The molecule has 0 spiro atoms. The molecule has 0 atom stereocenters. The number of fused-ring (bicyclic) bond motifs is 1. The zero-order chi connectivity index (χ0) is 23.1. The molecule has 188 valence electrons. The van der Waals surface area contributed by atoms with Crippen molar-refractivity contribution in [2.45, 2.75) is 39.9 Å². The monoisotopic (exact) mass is 509 g/mol. The van der Waals surface area contributed by atoms with Crippen LogP contribution in [0.2, 0.25) is 0 Å². The van der Waals surface area contributed by atoms with Gasteiger partial charge in [0, 0.05) is 45.0 Å². The zero-order valence-electron chi connectivity index (χ0n) is 20.4. The van der Waals surface area contributed by atoms with Crippen molar-refractivity contribution in [3.63, 3.8) is 0 Å². The quantitative estimate of drug-likeness (QED) is 0.513. The van der Waals surface area contributed by atoms with Crippen LogP contribution in [0, 0.1) is 6.92 Å². The first-order valence-corrected chi connectivity index (χ1v) is 11.2. The minimum atomic E-state index is -0.0923. The fraction of sp³-hybridized carbons (Fsp3) is 0.440. The van der Waals surface area contributed by atoms with E-state index in [1.165, 1.54) is 11.1 Å². The molecule has 9 heteroatoms. The van der Waals surface area contributed by atoms with E-state index in [4.69, 9.17) is 0 Å². The highest BCUT2D eigenvalue weighted by atomic mass is 35.5. The lowest BCUT2D eigenvalue weighted by Crippen LogP contribution is -2.49. The first kappa shape index (κ1) is 29.7. The molecule has 1 aliphatic heterocycles. The number of halogens is 2. The van der Waals surface area contributed by atoms with Crippen molar-refractivity contribution in [2.24, 2.45) is 0 Å². The van der Waals surface area contributed by atoms with E-state index in [1.807, 2.05) is 48.3 Å². The average molecular weight is 511 g/mol. The van der Waals surface area contributed by atoms with Gasteiger partial charge in [-0.1, -0.05) is 56.3 Å². The third kappa shape index (κ3) is 8.17. The number of carbonyl (C=O) groups excluding carboxylic acids is 2. The van der Waals surface area contributed by atoms with Crippen LogP contribution >= 0.6 is 24.8 Å². The minimum absolute atomic E-state index is 0. The third-order valence-corrected chi connectivity index (χ3v) is 5.80. The average Bonchev–Trinajstić information content (AvgIpc) is 3.21. The molecule has 2 amide bonds. The Labute approximate surface area is 215 Å². The summed E-state index contributed by atoms with van der Waals surface area (Å²) < 4.78 is 0. The minimum Gasteiger partial charge on any atom is -0.376 e. The predicted molar refractivity (Wildman–Crippen MR) is 142 cm³/mol. The second-order valence-electron chi connectivity index (χ2n) is 8.60. The van der Waals surface area contributed by atoms with Gasteiger partial charge in [0.15, 0.2) is 0 Å². The SMILES string of the molecule is Cc1ccccc1NCC(=O)N(CCNC(C)C)CC(=O)N(C)N1Cc2ccccc2C1.Cl.Cl. The molecule has 0 aliphatic carbocycles. The summed E-state index contributed by atoms with van der Waals surface area (Å²) in [4.78, 5) is 27.7. The van der Waals surface area contributed by atoms with Crippen LogP contribution in [0.1, 0.15) is 30.5 Å². The second kappa shape index (κ2) is 14.2. The molecule has 0 fully saturated rings. The number of para-hydroxylation sites is 1. The zero-order valence-corrected chi connectivity index (χ0v) is 22.0. The van der Waals surface area contributed by atoms with Crippen molar-refractivity contribution >= 4 is 42.3 Å². The highest BCUT2D eigenvalue weighted by Gasteiger charge is 2.27. The number of amides is 2. The maximum Gasteiger partial charge on any atom is 0.256 e. The molecule has 1 heterocycles. The molecular formula is C25H37Cl2N5O2. The first-order valence-electron chi connectivity index (χ1n) is 11.2. The number of likely N-dealkylation sites (N-methyl/N-ethyl adjacent to an activating group) is 1. The van der Waals surface area contributed by atoms with Crippen molar-refractivity contribution in [1.29, 1.82) is 0 Å². The summed E-state index contributed by atoms with van der Waals surface area (Å²) >= 11 is 0. The third-order valence-electron chi connectivity index (χ3n) is 5.80. The molecule has 7 nitrogen and oxygen atoms in total. The van der Waals surface area contributed by atoms with Crippen molar-refractivity contribution in [2.75, 3.05) is 38.5 Å². The van der Waals surface area contributed by atoms with Gasteiger partial charge in [0.05, 0.1) is 6.54 Å². The van der Waals surface area contributed by atoms with Crippen LogP contribution < -0.4 is 10.6 Å².